The first kappa shape index (κ1) is 29.6. The quantitative estimate of drug-likeness (QED) is 0.126. The van der Waals surface area contributed by atoms with Crippen molar-refractivity contribution in [2.24, 2.45) is 11.7 Å². The number of nitrogens with two attached hydrogens (primary N) is 1. The molecule has 0 saturated heterocycles. The van der Waals surface area contributed by atoms with Crippen LogP contribution in [0, 0.1) is 5.92 Å². The van der Waals surface area contributed by atoms with Gasteiger partial charge < -0.3 is 30.9 Å². The molecule has 0 aliphatic carbocycles. The molecule has 0 saturated carbocycles. The number of aliphatic hydroxyl groups excluding tert-OH is 1. The Morgan fingerprint density at radius 2 is 1.71 bits per heavy atom. The molecular weight excluding hydrogens is 454 g/mol. The number of carbonyl (C=O) groups is 4. The topological polar surface area (TPSA) is 157 Å². The average molecular weight is 492 g/mol. The number of hydrogen-bond acceptors (Lipinski definition) is 8. The molecule has 0 radical (unpaired) electrons. The van der Waals surface area contributed by atoms with Crippen LogP contribution in [0.4, 0.5) is 4.79 Å². The molecule has 10 nitrogen and oxygen atoms in total. The van der Waals surface area contributed by atoms with E-state index in [4.69, 9.17) is 10.5 Å². The fourth-order valence-corrected chi connectivity index (χ4v) is 3.16. The number of ether oxygens (including phenoxy) is 2. The minimum absolute atomic E-state index is 0.0323. The predicted molar refractivity (Wildman–Crippen MR) is 130 cm³/mol. The standard InChI is InChI=1S/C25H37N3O7/c1-4-34-24(32)22(30)15-21(29)19(12-8-9-13-26)27-23(31)20(14-17(2)3)28-25(33)35-16-18-10-6-5-7-11-18/h5-7,10-11,15,17,19-20,30H,4,8-9,12-14,16,26H2,1-3H3,(H,27,31)(H,28,33)/b22-15+. The van der Waals surface area contributed by atoms with E-state index < -0.39 is 41.6 Å². The van der Waals surface area contributed by atoms with Crippen molar-refractivity contribution in [3.8, 4) is 0 Å². The number of aliphatic hydroxyl groups is 1. The summed E-state index contributed by atoms with van der Waals surface area (Å²) >= 11 is 0. The van der Waals surface area contributed by atoms with Crippen molar-refractivity contribution in [2.75, 3.05) is 13.2 Å². The summed E-state index contributed by atoms with van der Waals surface area (Å²) in [6.45, 7) is 5.83. The Hall–Kier alpha value is -3.40. The van der Waals surface area contributed by atoms with Crippen molar-refractivity contribution in [1.82, 2.24) is 10.6 Å². The van der Waals surface area contributed by atoms with Gasteiger partial charge in [-0.25, -0.2) is 9.59 Å². The highest BCUT2D eigenvalue weighted by Gasteiger charge is 2.27. The molecular formula is C25H37N3O7. The Balaban J connectivity index is 2.89. The Kier molecular flexibility index (Phi) is 13.8. The van der Waals surface area contributed by atoms with Crippen LogP contribution in [0.2, 0.25) is 0 Å². The van der Waals surface area contributed by atoms with Gasteiger partial charge >= 0.3 is 12.1 Å². The highest BCUT2D eigenvalue weighted by molar-refractivity contribution is 6.02. The number of carbonyl (C=O) groups excluding carboxylic acids is 4. The minimum Gasteiger partial charge on any atom is -0.502 e. The van der Waals surface area contributed by atoms with E-state index in [2.05, 4.69) is 15.4 Å². The third-order valence-electron chi connectivity index (χ3n) is 4.90. The highest BCUT2D eigenvalue weighted by Crippen LogP contribution is 2.10. The Labute approximate surface area is 206 Å². The lowest BCUT2D eigenvalue weighted by Gasteiger charge is -2.23. The molecule has 0 aromatic heterocycles. The molecule has 2 amide bonds. The third kappa shape index (κ3) is 12.0. The highest BCUT2D eigenvalue weighted by atomic mass is 16.6. The van der Waals surface area contributed by atoms with Gasteiger partial charge in [0.25, 0.3) is 0 Å². The van der Waals surface area contributed by atoms with E-state index in [-0.39, 0.29) is 25.6 Å². The normalized spacial score (nSPS) is 13.0. The van der Waals surface area contributed by atoms with Gasteiger partial charge in [-0.1, -0.05) is 44.2 Å². The van der Waals surface area contributed by atoms with Crippen LogP contribution in [0.3, 0.4) is 0 Å². The maximum atomic E-state index is 13.0. The van der Waals surface area contributed by atoms with Crippen LogP contribution in [-0.4, -0.2) is 54.1 Å². The number of benzene rings is 1. The van der Waals surface area contributed by atoms with Gasteiger partial charge in [0.15, 0.2) is 5.78 Å². The molecule has 5 N–H and O–H groups in total. The smallest absolute Gasteiger partial charge is 0.408 e. The Morgan fingerprint density at radius 3 is 2.31 bits per heavy atom. The van der Waals surface area contributed by atoms with Gasteiger partial charge in [0.05, 0.1) is 12.6 Å². The Morgan fingerprint density at radius 1 is 1.03 bits per heavy atom. The molecule has 0 fully saturated rings. The predicted octanol–water partition coefficient (Wildman–Crippen LogP) is 2.52. The van der Waals surface area contributed by atoms with Gasteiger partial charge in [-0.15, -0.1) is 0 Å². The van der Waals surface area contributed by atoms with Crippen molar-refractivity contribution >= 4 is 23.8 Å². The summed E-state index contributed by atoms with van der Waals surface area (Å²) in [5, 5.41) is 15.0. The van der Waals surface area contributed by atoms with Crippen LogP contribution in [0.5, 0.6) is 0 Å². The molecule has 0 aliphatic rings. The van der Waals surface area contributed by atoms with Gasteiger partial charge in [-0.2, -0.15) is 0 Å². The van der Waals surface area contributed by atoms with Gasteiger partial charge in [0.2, 0.25) is 11.7 Å². The van der Waals surface area contributed by atoms with Gasteiger partial charge in [-0.3, -0.25) is 9.59 Å². The first-order valence-electron chi connectivity index (χ1n) is 11.8. The molecule has 0 aliphatic heterocycles. The first-order chi connectivity index (χ1) is 16.7. The van der Waals surface area contributed by atoms with E-state index in [1.54, 1.807) is 6.92 Å². The second-order valence-corrected chi connectivity index (χ2v) is 8.39. The zero-order chi connectivity index (χ0) is 26.2. The molecule has 0 bridgehead atoms. The lowest BCUT2D eigenvalue weighted by Crippen LogP contribution is -2.52. The van der Waals surface area contributed by atoms with E-state index in [0.717, 1.165) is 11.6 Å². The average Bonchev–Trinajstić information content (AvgIpc) is 2.82. The molecule has 1 aromatic rings. The number of hydrogen-bond donors (Lipinski definition) is 4. The van der Waals surface area contributed by atoms with Gasteiger partial charge in [0, 0.05) is 6.08 Å². The number of rotatable bonds is 15. The lowest BCUT2D eigenvalue weighted by molar-refractivity contribution is -0.141. The number of ketones is 1. The van der Waals surface area contributed by atoms with E-state index in [9.17, 15) is 24.3 Å². The molecule has 194 valence electrons. The molecule has 10 heteroatoms. The van der Waals surface area contributed by atoms with Crippen LogP contribution in [0.15, 0.2) is 42.2 Å². The summed E-state index contributed by atoms with van der Waals surface area (Å²) in [5.41, 5.74) is 6.32. The number of unbranched alkanes of at least 4 members (excludes halogenated alkanes) is 1. The van der Waals surface area contributed by atoms with Crippen molar-refractivity contribution in [3.63, 3.8) is 0 Å². The SMILES string of the molecule is CCOC(=O)/C(O)=C\C(=O)C(CCCCN)NC(=O)C(CC(C)C)NC(=O)OCc1ccccc1. The summed E-state index contributed by atoms with van der Waals surface area (Å²) in [6.07, 6.45) is 1.67. The molecule has 1 aromatic carbocycles. The minimum atomic E-state index is -1.03. The van der Waals surface area contributed by atoms with Crippen molar-refractivity contribution < 1.29 is 33.8 Å². The van der Waals surface area contributed by atoms with Crippen LogP contribution in [-0.2, 0) is 30.5 Å². The van der Waals surface area contributed by atoms with E-state index in [1.165, 1.54) is 0 Å². The summed E-state index contributed by atoms with van der Waals surface area (Å²) in [5.74, 6) is -3.08. The molecule has 0 spiro atoms. The number of alkyl carbamates (subject to hydrolysis) is 1. The van der Waals surface area contributed by atoms with Crippen molar-refractivity contribution in [2.45, 2.75) is 65.1 Å². The zero-order valence-electron chi connectivity index (χ0n) is 20.6. The Bertz CT molecular complexity index is 856. The fourth-order valence-electron chi connectivity index (χ4n) is 3.16. The molecule has 2 atom stereocenters. The van der Waals surface area contributed by atoms with E-state index in [1.807, 2.05) is 44.2 Å². The monoisotopic (exact) mass is 491 g/mol. The lowest BCUT2D eigenvalue weighted by atomic mass is 10.0. The molecule has 2 unspecified atom stereocenters. The van der Waals surface area contributed by atoms with Crippen molar-refractivity contribution in [3.05, 3.63) is 47.7 Å². The largest absolute Gasteiger partial charge is 0.502 e. The second-order valence-electron chi connectivity index (χ2n) is 8.39. The summed E-state index contributed by atoms with van der Waals surface area (Å²) in [7, 11) is 0. The number of amides is 2. The first-order valence-corrected chi connectivity index (χ1v) is 11.8. The van der Waals surface area contributed by atoms with Gasteiger partial charge in [-0.05, 0) is 50.6 Å². The second kappa shape index (κ2) is 16.3. The summed E-state index contributed by atoms with van der Waals surface area (Å²) < 4.78 is 9.89. The maximum Gasteiger partial charge on any atom is 0.408 e. The van der Waals surface area contributed by atoms with Crippen LogP contribution in [0.25, 0.3) is 0 Å². The van der Waals surface area contributed by atoms with E-state index >= 15 is 0 Å². The van der Waals surface area contributed by atoms with Crippen LogP contribution < -0.4 is 16.4 Å². The number of esters is 1. The third-order valence-corrected chi connectivity index (χ3v) is 4.90. The summed E-state index contributed by atoms with van der Waals surface area (Å²) in [4.78, 5) is 49.7. The molecule has 35 heavy (non-hydrogen) atoms. The zero-order valence-corrected chi connectivity index (χ0v) is 20.6. The van der Waals surface area contributed by atoms with Crippen molar-refractivity contribution in [1.29, 1.82) is 0 Å². The van der Waals surface area contributed by atoms with Crippen LogP contribution >= 0.6 is 0 Å². The van der Waals surface area contributed by atoms with E-state index in [0.29, 0.717) is 25.8 Å². The summed E-state index contributed by atoms with van der Waals surface area (Å²) in [6, 6.07) is 7.13. The molecule has 0 heterocycles. The fraction of sp³-hybridized carbons (Fsp3) is 0.520. The van der Waals surface area contributed by atoms with Crippen LogP contribution in [0.1, 0.15) is 52.0 Å². The molecule has 1 rings (SSSR count). The van der Waals surface area contributed by atoms with Gasteiger partial charge in [0.1, 0.15) is 12.6 Å². The number of nitrogens with one attached hydrogen (secondary N) is 2. The maximum absolute atomic E-state index is 13.0.